The molecule has 0 bridgehead atoms. The summed E-state index contributed by atoms with van der Waals surface area (Å²) in [6.45, 7) is 0.934. The average Bonchev–Trinajstić information content (AvgIpc) is 2.95. The van der Waals surface area contributed by atoms with Gasteiger partial charge in [0.15, 0.2) is 5.03 Å². The van der Waals surface area contributed by atoms with Gasteiger partial charge in [0.05, 0.1) is 12.8 Å². The molecule has 1 aromatic heterocycles. The Kier molecular flexibility index (Phi) is 4.59. The zero-order valence-electron chi connectivity index (χ0n) is 10.9. The fraction of sp³-hybridized carbons (Fsp3) is 0.250. The standard InChI is InChI=1S/C12H15N3O4S/c1-18-8-9-19-11-4-2-10(3-5-11)15-20(16,17)12-6-7-13-14-12/h2-7,15H,8-9H2,1H3,(H,13,14). The van der Waals surface area contributed by atoms with E-state index in [1.807, 2.05) is 0 Å². The van der Waals surface area contributed by atoms with E-state index in [2.05, 4.69) is 14.9 Å². The van der Waals surface area contributed by atoms with Gasteiger partial charge in [-0.15, -0.1) is 0 Å². The van der Waals surface area contributed by atoms with E-state index in [1.54, 1.807) is 31.4 Å². The third kappa shape index (κ3) is 3.72. The molecule has 0 radical (unpaired) electrons. The van der Waals surface area contributed by atoms with Crippen molar-refractivity contribution in [1.82, 2.24) is 10.2 Å². The Bertz CT molecular complexity index is 623. The average molecular weight is 297 g/mol. The van der Waals surface area contributed by atoms with Crippen LogP contribution in [0.4, 0.5) is 5.69 Å². The number of anilines is 1. The quantitative estimate of drug-likeness (QED) is 0.750. The van der Waals surface area contributed by atoms with Gasteiger partial charge in [-0.25, -0.2) is 0 Å². The van der Waals surface area contributed by atoms with Crippen molar-refractivity contribution in [2.24, 2.45) is 0 Å². The summed E-state index contributed by atoms with van der Waals surface area (Å²) in [5.74, 6) is 0.645. The SMILES string of the molecule is COCCOc1ccc(NS(=O)(=O)c2ccn[nH]2)cc1. The van der Waals surface area contributed by atoms with Crippen molar-refractivity contribution >= 4 is 15.7 Å². The zero-order chi connectivity index (χ0) is 14.4. The lowest BCUT2D eigenvalue weighted by molar-refractivity contribution is 0.146. The zero-order valence-corrected chi connectivity index (χ0v) is 11.7. The second-order valence-electron chi connectivity index (χ2n) is 3.89. The van der Waals surface area contributed by atoms with Crippen molar-refractivity contribution in [3.05, 3.63) is 36.5 Å². The Morgan fingerprint density at radius 2 is 1.95 bits per heavy atom. The molecule has 2 N–H and O–H groups in total. The van der Waals surface area contributed by atoms with Gasteiger partial charge in [0.25, 0.3) is 10.0 Å². The number of nitrogens with zero attached hydrogens (tertiary/aromatic N) is 1. The largest absolute Gasteiger partial charge is 0.491 e. The minimum Gasteiger partial charge on any atom is -0.491 e. The molecule has 0 aliphatic heterocycles. The van der Waals surface area contributed by atoms with Crippen molar-refractivity contribution in [2.75, 3.05) is 25.0 Å². The maximum Gasteiger partial charge on any atom is 0.278 e. The second-order valence-corrected chi connectivity index (χ2v) is 5.54. The number of hydrogen-bond acceptors (Lipinski definition) is 5. The van der Waals surface area contributed by atoms with Crippen LogP contribution in [0.3, 0.4) is 0 Å². The minimum atomic E-state index is -3.63. The molecule has 0 amide bonds. The van der Waals surface area contributed by atoms with Crippen LogP contribution in [0.15, 0.2) is 41.6 Å². The van der Waals surface area contributed by atoms with Crippen molar-refractivity contribution in [2.45, 2.75) is 5.03 Å². The van der Waals surface area contributed by atoms with E-state index in [9.17, 15) is 8.42 Å². The van der Waals surface area contributed by atoms with Crippen LogP contribution in [0.5, 0.6) is 5.75 Å². The molecule has 1 heterocycles. The van der Waals surface area contributed by atoms with Gasteiger partial charge < -0.3 is 9.47 Å². The van der Waals surface area contributed by atoms with Gasteiger partial charge in [-0.1, -0.05) is 0 Å². The summed E-state index contributed by atoms with van der Waals surface area (Å²) in [6, 6.07) is 7.98. The molecule has 0 atom stereocenters. The van der Waals surface area contributed by atoms with E-state index < -0.39 is 10.0 Å². The van der Waals surface area contributed by atoms with Crippen LogP contribution >= 0.6 is 0 Å². The Hall–Kier alpha value is -2.06. The number of rotatable bonds is 7. The third-order valence-electron chi connectivity index (χ3n) is 2.43. The molecule has 0 unspecified atom stereocenters. The molecule has 8 heteroatoms. The summed E-state index contributed by atoms with van der Waals surface area (Å²) in [6.07, 6.45) is 1.38. The molecule has 0 fully saturated rings. The lowest BCUT2D eigenvalue weighted by atomic mass is 10.3. The molecule has 2 aromatic rings. The van der Waals surface area contributed by atoms with Gasteiger partial charge in [0.1, 0.15) is 12.4 Å². The summed E-state index contributed by atoms with van der Waals surface area (Å²) in [5, 5.41) is 6.03. The van der Waals surface area contributed by atoms with Crippen LogP contribution in [-0.2, 0) is 14.8 Å². The number of nitrogens with one attached hydrogen (secondary N) is 2. The monoisotopic (exact) mass is 297 g/mol. The number of benzene rings is 1. The van der Waals surface area contributed by atoms with Crippen LogP contribution in [0.2, 0.25) is 0 Å². The van der Waals surface area contributed by atoms with E-state index in [-0.39, 0.29) is 5.03 Å². The normalized spacial score (nSPS) is 11.2. The fourth-order valence-electron chi connectivity index (χ4n) is 1.46. The molecule has 7 nitrogen and oxygen atoms in total. The summed E-state index contributed by atoms with van der Waals surface area (Å²) in [4.78, 5) is 0. The van der Waals surface area contributed by atoms with Gasteiger partial charge >= 0.3 is 0 Å². The minimum absolute atomic E-state index is 0.0120. The molecule has 108 valence electrons. The fourth-order valence-corrected chi connectivity index (χ4v) is 2.43. The molecule has 0 spiro atoms. The first-order chi connectivity index (χ1) is 9.62. The number of methoxy groups -OCH3 is 1. The van der Waals surface area contributed by atoms with E-state index in [4.69, 9.17) is 9.47 Å². The first-order valence-corrected chi connectivity index (χ1v) is 7.34. The molecule has 1 aromatic carbocycles. The predicted molar refractivity (Wildman–Crippen MR) is 73.2 cm³/mol. The van der Waals surface area contributed by atoms with Crippen molar-refractivity contribution < 1.29 is 17.9 Å². The molecule has 20 heavy (non-hydrogen) atoms. The molecular formula is C12H15N3O4S. The number of hydrogen-bond donors (Lipinski definition) is 2. The highest BCUT2D eigenvalue weighted by Crippen LogP contribution is 2.18. The van der Waals surface area contributed by atoms with Crippen LogP contribution in [0.1, 0.15) is 0 Å². The third-order valence-corrected chi connectivity index (χ3v) is 3.74. The van der Waals surface area contributed by atoms with Crippen molar-refractivity contribution in [1.29, 1.82) is 0 Å². The molecule has 2 rings (SSSR count). The van der Waals surface area contributed by atoms with Gasteiger partial charge in [0, 0.05) is 12.8 Å². The summed E-state index contributed by atoms with van der Waals surface area (Å²) in [5.41, 5.74) is 0.443. The van der Waals surface area contributed by atoms with E-state index >= 15 is 0 Å². The highest BCUT2D eigenvalue weighted by molar-refractivity contribution is 7.92. The summed E-state index contributed by atoms with van der Waals surface area (Å²) in [7, 11) is -2.04. The van der Waals surface area contributed by atoms with Crippen LogP contribution in [0, 0.1) is 0 Å². The first kappa shape index (κ1) is 14.4. The Morgan fingerprint density at radius 3 is 2.55 bits per heavy atom. The van der Waals surface area contributed by atoms with Crippen LogP contribution < -0.4 is 9.46 Å². The van der Waals surface area contributed by atoms with Crippen molar-refractivity contribution in [3.8, 4) is 5.75 Å². The topological polar surface area (TPSA) is 93.3 Å². The Morgan fingerprint density at radius 1 is 1.20 bits per heavy atom. The smallest absolute Gasteiger partial charge is 0.278 e. The Balaban J connectivity index is 2.00. The van der Waals surface area contributed by atoms with Gasteiger partial charge in [0.2, 0.25) is 0 Å². The lowest BCUT2D eigenvalue weighted by Gasteiger charge is -2.08. The molecule has 0 saturated heterocycles. The maximum absolute atomic E-state index is 11.9. The maximum atomic E-state index is 11.9. The molecule has 0 aliphatic rings. The van der Waals surface area contributed by atoms with Gasteiger partial charge in [-0.05, 0) is 30.3 Å². The predicted octanol–water partition coefficient (Wildman–Crippen LogP) is 1.24. The number of ether oxygens (including phenoxy) is 2. The lowest BCUT2D eigenvalue weighted by Crippen LogP contribution is -2.13. The first-order valence-electron chi connectivity index (χ1n) is 5.86. The number of H-pyrrole nitrogens is 1. The second kappa shape index (κ2) is 6.40. The number of sulfonamides is 1. The highest BCUT2D eigenvalue weighted by Gasteiger charge is 2.15. The molecule has 0 aliphatic carbocycles. The van der Waals surface area contributed by atoms with Crippen LogP contribution in [0.25, 0.3) is 0 Å². The van der Waals surface area contributed by atoms with E-state index in [0.29, 0.717) is 24.7 Å². The highest BCUT2D eigenvalue weighted by atomic mass is 32.2. The van der Waals surface area contributed by atoms with Gasteiger partial charge in [-0.2, -0.15) is 13.5 Å². The Labute approximate surface area is 117 Å². The van der Waals surface area contributed by atoms with E-state index in [0.717, 1.165) is 0 Å². The van der Waals surface area contributed by atoms with Crippen molar-refractivity contribution in [3.63, 3.8) is 0 Å². The number of aromatic amines is 1. The van der Waals surface area contributed by atoms with Gasteiger partial charge in [-0.3, -0.25) is 9.82 Å². The summed E-state index contributed by atoms with van der Waals surface area (Å²) < 4.78 is 36.5. The van der Waals surface area contributed by atoms with E-state index in [1.165, 1.54) is 12.3 Å². The number of aromatic nitrogens is 2. The van der Waals surface area contributed by atoms with Crippen LogP contribution in [-0.4, -0.2) is 38.9 Å². The molecular weight excluding hydrogens is 282 g/mol. The summed E-state index contributed by atoms with van der Waals surface area (Å²) >= 11 is 0. The molecule has 0 saturated carbocycles.